The molecule has 110 valence electrons. The van der Waals surface area contributed by atoms with Gasteiger partial charge in [0.2, 0.25) is 5.89 Å². The fraction of sp³-hybridized carbons (Fsp3) is 0. The van der Waals surface area contributed by atoms with Crippen LogP contribution in [0.25, 0.3) is 44.4 Å². The molecule has 3 nitrogen and oxygen atoms in total. The van der Waals surface area contributed by atoms with E-state index in [1.165, 1.54) is 5.39 Å². The van der Waals surface area contributed by atoms with Crippen LogP contribution in [0.3, 0.4) is 0 Å². The van der Waals surface area contributed by atoms with Crippen molar-refractivity contribution in [3.8, 4) is 11.5 Å². The van der Waals surface area contributed by atoms with E-state index < -0.39 is 0 Å². The summed E-state index contributed by atoms with van der Waals surface area (Å²) in [5, 5.41) is 2.32. The lowest BCUT2D eigenvalue weighted by Crippen LogP contribution is -1.74. The van der Waals surface area contributed by atoms with Crippen molar-refractivity contribution in [3.63, 3.8) is 0 Å². The first kappa shape index (κ1) is 12.9. The maximum atomic E-state index is 5.97. The molecule has 2 heterocycles. The number of fused-ring (bicyclic) bond motifs is 4. The number of H-pyrrole nitrogens is 1. The van der Waals surface area contributed by atoms with Crippen LogP contribution in [-0.2, 0) is 0 Å². The van der Waals surface area contributed by atoms with Gasteiger partial charge in [-0.15, -0.1) is 0 Å². The molecule has 4 heteroatoms. The van der Waals surface area contributed by atoms with Crippen molar-refractivity contribution in [3.05, 3.63) is 65.1 Å². The lowest BCUT2D eigenvalue weighted by atomic mass is 10.1. The number of oxazole rings is 1. The van der Waals surface area contributed by atoms with Crippen LogP contribution in [0.5, 0.6) is 0 Å². The standard InChI is InChI=1S/C19H11BrN2O/c20-12-6-7-15-13(8-12)14-9-18-17(10-16(14)21-15)22-19(23-18)11-4-2-1-3-5-11/h1-10,21H. The Labute approximate surface area is 140 Å². The minimum Gasteiger partial charge on any atom is -0.436 e. The maximum absolute atomic E-state index is 5.97. The lowest BCUT2D eigenvalue weighted by Gasteiger charge is -1.93. The SMILES string of the molecule is Brc1ccc2[nH]c3cc4nc(-c5ccccc5)oc4cc3c2c1. The van der Waals surface area contributed by atoms with Crippen LogP contribution in [0.15, 0.2) is 69.6 Å². The van der Waals surface area contributed by atoms with Crippen molar-refractivity contribution in [1.29, 1.82) is 0 Å². The minimum atomic E-state index is 0.652. The van der Waals surface area contributed by atoms with Crippen molar-refractivity contribution >= 4 is 48.8 Å². The molecule has 2 aromatic heterocycles. The van der Waals surface area contributed by atoms with Crippen molar-refractivity contribution < 1.29 is 4.42 Å². The molecule has 0 saturated heterocycles. The van der Waals surface area contributed by atoms with Gasteiger partial charge in [0.15, 0.2) is 5.58 Å². The van der Waals surface area contributed by atoms with Crippen molar-refractivity contribution in [1.82, 2.24) is 9.97 Å². The molecule has 0 amide bonds. The summed E-state index contributed by atoms with van der Waals surface area (Å²) in [6.45, 7) is 0. The van der Waals surface area contributed by atoms with Crippen LogP contribution in [0.4, 0.5) is 0 Å². The summed E-state index contributed by atoms with van der Waals surface area (Å²) >= 11 is 3.54. The van der Waals surface area contributed by atoms with Gasteiger partial charge in [-0.25, -0.2) is 4.98 Å². The number of aromatic amines is 1. The molecule has 5 aromatic rings. The molecule has 23 heavy (non-hydrogen) atoms. The smallest absolute Gasteiger partial charge is 0.227 e. The molecule has 5 rings (SSSR count). The van der Waals surface area contributed by atoms with Crippen molar-refractivity contribution in [2.45, 2.75) is 0 Å². The first-order chi connectivity index (χ1) is 11.3. The molecule has 1 N–H and O–H groups in total. The summed E-state index contributed by atoms with van der Waals surface area (Å²) in [6.07, 6.45) is 0. The summed E-state index contributed by atoms with van der Waals surface area (Å²) in [6, 6.07) is 20.3. The quantitative estimate of drug-likeness (QED) is 0.403. The van der Waals surface area contributed by atoms with E-state index in [1.807, 2.05) is 36.4 Å². The molecule has 0 bridgehead atoms. The van der Waals surface area contributed by atoms with Crippen LogP contribution in [0.2, 0.25) is 0 Å². The lowest BCUT2D eigenvalue weighted by molar-refractivity contribution is 0.620. The van der Waals surface area contributed by atoms with E-state index in [4.69, 9.17) is 4.42 Å². The highest BCUT2D eigenvalue weighted by Crippen LogP contribution is 2.32. The van der Waals surface area contributed by atoms with E-state index in [0.717, 1.165) is 37.6 Å². The maximum Gasteiger partial charge on any atom is 0.227 e. The molecule has 3 aromatic carbocycles. The Kier molecular flexibility index (Phi) is 2.64. The summed E-state index contributed by atoms with van der Waals surface area (Å²) in [7, 11) is 0. The van der Waals surface area contributed by atoms with Crippen molar-refractivity contribution in [2.24, 2.45) is 0 Å². The number of benzene rings is 3. The summed E-state index contributed by atoms with van der Waals surface area (Å²) < 4.78 is 7.04. The number of rotatable bonds is 1. The van der Waals surface area contributed by atoms with Gasteiger partial charge < -0.3 is 9.40 Å². The summed E-state index contributed by atoms with van der Waals surface area (Å²) in [5.41, 5.74) is 4.83. The predicted octanol–water partition coefficient (Wildman–Crippen LogP) is 5.89. The number of nitrogens with one attached hydrogen (secondary N) is 1. The Morgan fingerprint density at radius 1 is 0.870 bits per heavy atom. The van der Waals surface area contributed by atoms with Gasteiger partial charge in [0.25, 0.3) is 0 Å². The van der Waals surface area contributed by atoms with Crippen LogP contribution in [0.1, 0.15) is 0 Å². The summed E-state index contributed by atoms with van der Waals surface area (Å²) in [5.74, 6) is 0.652. The fourth-order valence-corrected chi connectivity index (χ4v) is 3.36. The first-order valence-corrected chi connectivity index (χ1v) is 8.14. The van der Waals surface area contributed by atoms with Gasteiger partial charge in [-0.3, -0.25) is 0 Å². The molecule has 0 unspecified atom stereocenters. The topological polar surface area (TPSA) is 41.8 Å². The molecule has 0 fully saturated rings. The number of hydrogen-bond acceptors (Lipinski definition) is 2. The number of hydrogen-bond donors (Lipinski definition) is 1. The third kappa shape index (κ3) is 1.99. The normalized spacial score (nSPS) is 11.7. The molecular formula is C19H11BrN2O. The number of halogens is 1. The Hall–Kier alpha value is -2.59. The molecule has 0 aliphatic carbocycles. The van der Waals surface area contributed by atoms with E-state index in [-0.39, 0.29) is 0 Å². The Morgan fingerprint density at radius 2 is 1.70 bits per heavy atom. The van der Waals surface area contributed by atoms with Crippen LogP contribution < -0.4 is 0 Å². The average molecular weight is 363 g/mol. The van der Waals surface area contributed by atoms with Gasteiger partial charge in [-0.2, -0.15) is 0 Å². The highest BCUT2D eigenvalue weighted by Gasteiger charge is 2.12. The second kappa shape index (κ2) is 4.70. The molecule has 0 atom stereocenters. The van der Waals surface area contributed by atoms with Gasteiger partial charge in [0, 0.05) is 31.8 Å². The molecule has 0 saturated carbocycles. The highest BCUT2D eigenvalue weighted by molar-refractivity contribution is 9.10. The fourth-order valence-electron chi connectivity index (χ4n) is 3.00. The van der Waals surface area contributed by atoms with Crippen LogP contribution in [-0.4, -0.2) is 9.97 Å². The third-order valence-electron chi connectivity index (χ3n) is 4.09. The number of aromatic nitrogens is 2. The molecule has 0 radical (unpaired) electrons. The molecule has 0 aliphatic rings. The zero-order valence-corrected chi connectivity index (χ0v) is 13.6. The second-order valence-electron chi connectivity index (χ2n) is 5.57. The van der Waals surface area contributed by atoms with Crippen LogP contribution >= 0.6 is 15.9 Å². The third-order valence-corrected chi connectivity index (χ3v) is 4.58. The zero-order valence-electron chi connectivity index (χ0n) is 12.0. The largest absolute Gasteiger partial charge is 0.436 e. The van der Waals surface area contributed by atoms with Crippen LogP contribution in [0, 0.1) is 0 Å². The van der Waals surface area contributed by atoms with Gasteiger partial charge in [-0.1, -0.05) is 34.1 Å². The van der Waals surface area contributed by atoms with Gasteiger partial charge in [0.05, 0.1) is 0 Å². The van der Waals surface area contributed by atoms with E-state index in [0.29, 0.717) is 5.89 Å². The predicted molar refractivity (Wildman–Crippen MR) is 96.5 cm³/mol. The van der Waals surface area contributed by atoms with E-state index >= 15 is 0 Å². The van der Waals surface area contributed by atoms with Gasteiger partial charge >= 0.3 is 0 Å². The van der Waals surface area contributed by atoms with Crippen molar-refractivity contribution in [2.75, 3.05) is 0 Å². The Balaban J connectivity index is 1.80. The summed E-state index contributed by atoms with van der Waals surface area (Å²) in [4.78, 5) is 8.07. The molecule has 0 aliphatic heterocycles. The average Bonchev–Trinajstić information content (AvgIpc) is 3.14. The highest BCUT2D eigenvalue weighted by atomic mass is 79.9. The Bertz CT molecular complexity index is 1170. The van der Waals surface area contributed by atoms with E-state index in [1.54, 1.807) is 0 Å². The van der Waals surface area contributed by atoms with E-state index in [9.17, 15) is 0 Å². The van der Waals surface area contributed by atoms with E-state index in [2.05, 4.69) is 50.2 Å². The Morgan fingerprint density at radius 3 is 2.57 bits per heavy atom. The monoisotopic (exact) mass is 362 g/mol. The van der Waals surface area contributed by atoms with Gasteiger partial charge in [0.1, 0.15) is 5.52 Å². The first-order valence-electron chi connectivity index (χ1n) is 7.35. The van der Waals surface area contributed by atoms with Gasteiger partial charge in [-0.05, 0) is 42.5 Å². The molecular weight excluding hydrogens is 352 g/mol. The number of nitrogens with zero attached hydrogens (tertiary/aromatic N) is 1. The minimum absolute atomic E-state index is 0.652. The molecule has 0 spiro atoms. The zero-order chi connectivity index (χ0) is 15.4. The second-order valence-corrected chi connectivity index (χ2v) is 6.48.